The van der Waals surface area contributed by atoms with E-state index in [1.807, 2.05) is 26.0 Å². The predicted molar refractivity (Wildman–Crippen MR) is 116 cm³/mol. The first-order valence-electron chi connectivity index (χ1n) is 10.1. The molecule has 1 aromatic rings. The van der Waals surface area contributed by atoms with Crippen LogP contribution in [-0.2, 0) is 19.6 Å². The maximum atomic E-state index is 12.1. The molecule has 0 radical (unpaired) electrons. The molecule has 2 heterocycles. The van der Waals surface area contributed by atoms with E-state index in [-0.39, 0.29) is 18.1 Å². The van der Waals surface area contributed by atoms with Gasteiger partial charge in [0.25, 0.3) is 0 Å². The van der Waals surface area contributed by atoms with Crippen molar-refractivity contribution >= 4 is 27.4 Å². The zero-order chi connectivity index (χ0) is 21.7. The highest BCUT2D eigenvalue weighted by Crippen LogP contribution is 2.20. The van der Waals surface area contributed by atoms with E-state index < -0.39 is 14.8 Å². The number of morpholine rings is 1. The number of ether oxygens (including phenoxy) is 1. The van der Waals surface area contributed by atoms with Crippen LogP contribution < -0.4 is 14.9 Å². The summed E-state index contributed by atoms with van der Waals surface area (Å²) in [5.74, 6) is 0.767. The van der Waals surface area contributed by atoms with Crippen molar-refractivity contribution in [1.82, 2.24) is 9.71 Å². The largest absolute Gasteiger partial charge is 0.372 e. The predicted octanol–water partition coefficient (Wildman–Crippen LogP) is 2.52. The van der Waals surface area contributed by atoms with Gasteiger partial charge in [0.2, 0.25) is 15.9 Å². The van der Waals surface area contributed by atoms with Crippen molar-refractivity contribution in [2.24, 2.45) is 0 Å². The van der Waals surface area contributed by atoms with Gasteiger partial charge in [-0.25, -0.2) is 18.1 Å². The normalized spacial score (nSPS) is 20.5. The Morgan fingerprint density at radius 1 is 1.21 bits per heavy atom. The minimum Gasteiger partial charge on any atom is -0.372 e. The number of hydrogen-bond acceptors (Lipinski definition) is 6. The molecule has 1 aliphatic heterocycles. The molecule has 2 rings (SSSR count). The average Bonchev–Trinajstić information content (AvgIpc) is 2.60. The van der Waals surface area contributed by atoms with E-state index in [1.165, 1.54) is 0 Å². The molecular formula is C20H34N4O4S. The summed E-state index contributed by atoms with van der Waals surface area (Å²) in [4.78, 5) is 18.7. The maximum absolute atomic E-state index is 12.1. The summed E-state index contributed by atoms with van der Waals surface area (Å²) in [6.45, 7) is 11.0. The summed E-state index contributed by atoms with van der Waals surface area (Å²) < 4.78 is 31.4. The molecule has 0 aliphatic carbocycles. The van der Waals surface area contributed by atoms with Gasteiger partial charge in [0.15, 0.2) is 0 Å². The Hall–Kier alpha value is -1.71. The van der Waals surface area contributed by atoms with Crippen molar-refractivity contribution in [2.75, 3.05) is 29.9 Å². The summed E-state index contributed by atoms with van der Waals surface area (Å²) in [6, 6.07) is 3.75. The second-order valence-electron chi connectivity index (χ2n) is 8.58. The molecule has 1 saturated heterocycles. The molecule has 0 aromatic carbocycles. The van der Waals surface area contributed by atoms with Gasteiger partial charge in [-0.15, -0.1) is 0 Å². The second kappa shape index (κ2) is 9.86. The number of rotatable bonds is 8. The van der Waals surface area contributed by atoms with Crippen molar-refractivity contribution in [1.29, 1.82) is 0 Å². The fourth-order valence-electron chi connectivity index (χ4n) is 3.07. The molecule has 0 unspecified atom stereocenters. The van der Waals surface area contributed by atoms with Crippen molar-refractivity contribution in [2.45, 2.75) is 70.8 Å². The van der Waals surface area contributed by atoms with Gasteiger partial charge in [-0.3, -0.25) is 4.79 Å². The monoisotopic (exact) mass is 426 g/mol. The lowest BCUT2D eigenvalue weighted by Crippen LogP contribution is -2.45. The first-order chi connectivity index (χ1) is 13.5. The highest BCUT2D eigenvalue weighted by Gasteiger charge is 2.28. The Morgan fingerprint density at radius 2 is 1.86 bits per heavy atom. The van der Waals surface area contributed by atoms with E-state index in [0.29, 0.717) is 31.5 Å². The number of hydrogen-bond donors (Lipinski definition) is 2. The smallest absolute Gasteiger partial charge is 0.224 e. The third-order valence-electron chi connectivity index (χ3n) is 4.70. The van der Waals surface area contributed by atoms with Gasteiger partial charge >= 0.3 is 0 Å². The highest BCUT2D eigenvalue weighted by molar-refractivity contribution is 7.90. The third-order valence-corrected chi connectivity index (χ3v) is 6.90. The van der Waals surface area contributed by atoms with Crippen molar-refractivity contribution in [3.63, 3.8) is 0 Å². The van der Waals surface area contributed by atoms with E-state index in [1.54, 1.807) is 27.0 Å². The Morgan fingerprint density at radius 3 is 2.41 bits per heavy atom. The number of carbonyl (C=O) groups is 1. The zero-order valence-corrected chi connectivity index (χ0v) is 18.9. The number of amides is 1. The van der Waals surface area contributed by atoms with Gasteiger partial charge in [0.05, 0.1) is 28.8 Å². The first kappa shape index (κ1) is 23.6. The number of unbranched alkanes of at least 4 members (excludes halogenated alkanes) is 1. The summed E-state index contributed by atoms with van der Waals surface area (Å²) in [5.41, 5.74) is 0.654. The van der Waals surface area contributed by atoms with Crippen molar-refractivity contribution in [3.8, 4) is 0 Å². The van der Waals surface area contributed by atoms with E-state index in [9.17, 15) is 13.2 Å². The summed E-state index contributed by atoms with van der Waals surface area (Å²) in [7, 11) is -3.34. The van der Waals surface area contributed by atoms with Gasteiger partial charge in [-0.2, -0.15) is 0 Å². The zero-order valence-electron chi connectivity index (χ0n) is 18.1. The van der Waals surface area contributed by atoms with Crippen LogP contribution in [0.5, 0.6) is 0 Å². The standard InChI is InChI=1S/C20H34N4O4S/c1-15-13-24(14-16(2)28-15)18-10-9-17(12-21-18)23-19(25)8-6-7-11-22-29(26,27)20(3,4)5/h9-10,12,15-16,22H,6-8,11,13-14H2,1-5H3,(H,23,25)/t15-,16+. The Bertz CT molecular complexity index is 765. The van der Waals surface area contributed by atoms with E-state index in [2.05, 4.69) is 19.9 Å². The summed E-state index contributed by atoms with van der Waals surface area (Å²) >= 11 is 0. The fourth-order valence-corrected chi connectivity index (χ4v) is 3.92. The Labute approximate surface area is 174 Å². The van der Waals surface area contributed by atoms with Crippen LogP contribution in [0.3, 0.4) is 0 Å². The molecular weight excluding hydrogens is 392 g/mol. The molecule has 1 aliphatic rings. The van der Waals surface area contributed by atoms with Gasteiger partial charge in [-0.05, 0) is 59.6 Å². The number of anilines is 2. The minimum absolute atomic E-state index is 0.105. The van der Waals surface area contributed by atoms with Crippen molar-refractivity contribution in [3.05, 3.63) is 18.3 Å². The van der Waals surface area contributed by atoms with Crippen LogP contribution in [0.4, 0.5) is 11.5 Å². The van der Waals surface area contributed by atoms with E-state index in [4.69, 9.17) is 4.74 Å². The number of pyridine rings is 1. The molecule has 2 atom stereocenters. The Balaban J connectivity index is 1.73. The average molecular weight is 427 g/mol. The van der Waals surface area contributed by atoms with Gasteiger partial charge in [0, 0.05) is 26.1 Å². The maximum Gasteiger partial charge on any atom is 0.224 e. The van der Waals surface area contributed by atoms with Crippen LogP contribution in [0.2, 0.25) is 0 Å². The molecule has 29 heavy (non-hydrogen) atoms. The number of aromatic nitrogens is 1. The first-order valence-corrected chi connectivity index (χ1v) is 11.6. The Kier molecular flexibility index (Phi) is 8.02. The van der Waals surface area contributed by atoms with Gasteiger partial charge in [0.1, 0.15) is 5.82 Å². The molecule has 0 spiro atoms. The van der Waals surface area contributed by atoms with Crippen LogP contribution in [0, 0.1) is 0 Å². The number of nitrogens with one attached hydrogen (secondary N) is 2. The lowest BCUT2D eigenvalue weighted by atomic mass is 10.2. The molecule has 1 aromatic heterocycles. The molecule has 0 saturated carbocycles. The van der Waals surface area contributed by atoms with Crippen LogP contribution in [0.25, 0.3) is 0 Å². The van der Waals surface area contributed by atoms with Crippen LogP contribution in [-0.4, -0.2) is 55.9 Å². The third kappa shape index (κ3) is 7.24. The second-order valence-corrected chi connectivity index (χ2v) is 11.1. The molecule has 164 valence electrons. The summed E-state index contributed by atoms with van der Waals surface area (Å²) in [6.07, 6.45) is 3.52. The van der Waals surface area contributed by atoms with Crippen molar-refractivity contribution < 1.29 is 17.9 Å². The lowest BCUT2D eigenvalue weighted by molar-refractivity contribution is -0.116. The SMILES string of the molecule is C[C@@H]1CN(c2ccc(NC(=O)CCCCNS(=O)(=O)C(C)(C)C)cn2)C[C@H](C)O1. The molecule has 9 heteroatoms. The molecule has 2 N–H and O–H groups in total. The molecule has 1 fully saturated rings. The van der Waals surface area contributed by atoms with E-state index >= 15 is 0 Å². The molecule has 1 amide bonds. The van der Waals surface area contributed by atoms with Crippen LogP contribution in [0.1, 0.15) is 53.9 Å². The molecule has 0 bridgehead atoms. The quantitative estimate of drug-likeness (QED) is 0.620. The number of carbonyl (C=O) groups excluding carboxylic acids is 1. The van der Waals surface area contributed by atoms with Crippen LogP contribution in [0.15, 0.2) is 18.3 Å². The topological polar surface area (TPSA) is 101 Å². The fraction of sp³-hybridized carbons (Fsp3) is 0.700. The van der Waals surface area contributed by atoms with Gasteiger partial charge in [-0.1, -0.05) is 0 Å². The summed E-state index contributed by atoms with van der Waals surface area (Å²) in [5, 5.41) is 2.84. The number of sulfonamides is 1. The van der Waals surface area contributed by atoms with Crippen LogP contribution >= 0.6 is 0 Å². The minimum atomic E-state index is -3.34. The highest BCUT2D eigenvalue weighted by atomic mass is 32.2. The van der Waals surface area contributed by atoms with E-state index in [0.717, 1.165) is 18.9 Å². The van der Waals surface area contributed by atoms with Gasteiger partial charge < -0.3 is 15.0 Å². The lowest BCUT2D eigenvalue weighted by Gasteiger charge is -2.36. The number of nitrogens with zero attached hydrogens (tertiary/aromatic N) is 2. The molecule has 8 nitrogen and oxygen atoms in total.